The highest BCUT2D eigenvalue weighted by Crippen LogP contribution is 2.37. The monoisotopic (exact) mass is 476 g/mol. The van der Waals surface area contributed by atoms with E-state index in [1.54, 1.807) is 20.2 Å². The zero-order valence-corrected chi connectivity index (χ0v) is 19.1. The van der Waals surface area contributed by atoms with E-state index in [0.29, 0.717) is 20.5 Å². The Morgan fingerprint density at radius 3 is 2.55 bits per heavy atom. The molecule has 0 spiro atoms. The lowest BCUT2D eigenvalue weighted by Gasteiger charge is -2.13. The number of benzene rings is 2. The van der Waals surface area contributed by atoms with Crippen molar-refractivity contribution in [2.45, 2.75) is 16.2 Å². The number of halogens is 1. The number of amides is 2. The molecule has 0 atom stereocenters. The molecule has 0 radical (unpaired) electrons. The van der Waals surface area contributed by atoms with Crippen LogP contribution >= 0.6 is 34.7 Å². The number of hydrogen-bond donors (Lipinski definition) is 1. The van der Waals surface area contributed by atoms with E-state index >= 15 is 0 Å². The third-order valence-corrected chi connectivity index (χ3v) is 6.51. The average Bonchev–Trinajstić information content (AvgIpc) is 3.12. The molecule has 0 saturated heterocycles. The van der Waals surface area contributed by atoms with Gasteiger partial charge in [-0.2, -0.15) is 0 Å². The van der Waals surface area contributed by atoms with Crippen molar-refractivity contribution in [1.29, 1.82) is 0 Å². The van der Waals surface area contributed by atoms with E-state index in [9.17, 15) is 19.7 Å². The molecule has 0 aliphatic carbocycles. The molecule has 160 valence electrons. The highest BCUT2D eigenvalue weighted by atomic mass is 35.5. The molecule has 3 rings (SSSR count). The van der Waals surface area contributed by atoms with Gasteiger partial charge in [0.2, 0.25) is 0 Å². The van der Waals surface area contributed by atoms with Gasteiger partial charge in [-0.3, -0.25) is 19.7 Å². The Balaban J connectivity index is 1.81. The number of nitro benzene ring substituents is 1. The summed E-state index contributed by atoms with van der Waals surface area (Å²) in [5.74, 6) is -0.797. The summed E-state index contributed by atoms with van der Waals surface area (Å²) in [6.07, 6.45) is 0. The van der Waals surface area contributed by atoms with E-state index in [0.717, 1.165) is 5.69 Å². The minimum atomic E-state index is -0.535. The number of carbonyl (C=O) groups is 2. The quantitative estimate of drug-likeness (QED) is 0.391. The molecule has 0 unspecified atom stereocenters. The summed E-state index contributed by atoms with van der Waals surface area (Å²) >= 11 is 8.74. The van der Waals surface area contributed by atoms with Gasteiger partial charge in [-0.05, 0) is 37.3 Å². The first kappa shape index (κ1) is 22.7. The van der Waals surface area contributed by atoms with Crippen molar-refractivity contribution in [3.05, 3.63) is 73.7 Å². The Hall–Kier alpha value is -2.95. The van der Waals surface area contributed by atoms with Gasteiger partial charge in [-0.25, -0.2) is 4.98 Å². The molecule has 2 amide bonds. The lowest BCUT2D eigenvalue weighted by molar-refractivity contribution is -0.387. The molecular formula is C20H17ClN4O4S2. The van der Waals surface area contributed by atoms with Gasteiger partial charge in [0.05, 0.1) is 20.4 Å². The molecular weight excluding hydrogens is 460 g/mol. The Kier molecular flexibility index (Phi) is 6.94. The molecule has 31 heavy (non-hydrogen) atoms. The molecule has 8 nitrogen and oxygen atoms in total. The van der Waals surface area contributed by atoms with Crippen LogP contribution in [0.1, 0.15) is 26.4 Å². The van der Waals surface area contributed by atoms with Gasteiger partial charge >= 0.3 is 0 Å². The van der Waals surface area contributed by atoms with Gasteiger partial charge in [-0.15, -0.1) is 11.3 Å². The minimum Gasteiger partial charge on any atom is -0.345 e. The summed E-state index contributed by atoms with van der Waals surface area (Å²) < 4.78 is 0.680. The van der Waals surface area contributed by atoms with Crippen LogP contribution in [0.4, 0.5) is 11.4 Å². The molecule has 11 heteroatoms. The van der Waals surface area contributed by atoms with Crippen LogP contribution in [0.5, 0.6) is 0 Å². The van der Waals surface area contributed by atoms with Crippen molar-refractivity contribution in [2.75, 3.05) is 19.4 Å². The predicted octanol–water partition coefficient (Wildman–Crippen LogP) is 5.12. The second-order valence-electron chi connectivity index (χ2n) is 6.64. The lowest BCUT2D eigenvalue weighted by atomic mass is 10.1. The van der Waals surface area contributed by atoms with Gasteiger partial charge < -0.3 is 10.2 Å². The maximum absolute atomic E-state index is 12.6. The summed E-state index contributed by atoms with van der Waals surface area (Å²) in [7, 11) is 3.22. The smallest absolute Gasteiger partial charge is 0.284 e. The van der Waals surface area contributed by atoms with Crippen molar-refractivity contribution >= 4 is 57.9 Å². The number of anilines is 1. The highest BCUT2D eigenvalue weighted by molar-refractivity contribution is 8.01. The fraction of sp³-hybridized carbons (Fsp3) is 0.150. The third-order valence-electron chi connectivity index (χ3n) is 4.08. The van der Waals surface area contributed by atoms with Crippen molar-refractivity contribution in [2.24, 2.45) is 0 Å². The lowest BCUT2D eigenvalue weighted by Crippen LogP contribution is -2.22. The molecule has 3 aromatic rings. The zero-order valence-electron chi connectivity index (χ0n) is 16.7. The third kappa shape index (κ3) is 5.40. The Labute approximate surface area is 191 Å². The largest absolute Gasteiger partial charge is 0.345 e. The average molecular weight is 477 g/mol. The van der Waals surface area contributed by atoms with Crippen LogP contribution in [-0.4, -0.2) is 40.7 Å². The van der Waals surface area contributed by atoms with Gasteiger partial charge in [0.15, 0.2) is 4.34 Å². The van der Waals surface area contributed by atoms with Crippen LogP contribution in [0.2, 0.25) is 5.02 Å². The highest BCUT2D eigenvalue weighted by Gasteiger charge is 2.20. The second-order valence-corrected chi connectivity index (χ2v) is 9.20. The van der Waals surface area contributed by atoms with Crippen LogP contribution < -0.4 is 5.32 Å². The van der Waals surface area contributed by atoms with E-state index in [2.05, 4.69) is 10.3 Å². The molecule has 2 aromatic carbocycles. The van der Waals surface area contributed by atoms with Crippen LogP contribution in [-0.2, 0) is 0 Å². The molecule has 0 fully saturated rings. The van der Waals surface area contributed by atoms with Crippen LogP contribution in [0.25, 0.3) is 0 Å². The zero-order chi connectivity index (χ0) is 22.7. The molecule has 1 aromatic heterocycles. The minimum absolute atomic E-state index is 0.121. The van der Waals surface area contributed by atoms with Crippen molar-refractivity contribution in [3.63, 3.8) is 0 Å². The number of aryl methyl sites for hydroxylation is 1. The van der Waals surface area contributed by atoms with E-state index in [1.165, 1.54) is 58.3 Å². The van der Waals surface area contributed by atoms with Crippen molar-refractivity contribution in [3.8, 4) is 0 Å². The van der Waals surface area contributed by atoms with Crippen LogP contribution in [0, 0.1) is 17.0 Å². The molecule has 1 heterocycles. The van der Waals surface area contributed by atoms with Crippen molar-refractivity contribution in [1.82, 2.24) is 9.88 Å². The van der Waals surface area contributed by atoms with Crippen LogP contribution in [0.3, 0.4) is 0 Å². The summed E-state index contributed by atoms with van der Waals surface area (Å²) in [4.78, 5) is 41.8. The summed E-state index contributed by atoms with van der Waals surface area (Å²) in [6.45, 7) is 1.84. The number of hydrogen-bond acceptors (Lipinski definition) is 7. The van der Waals surface area contributed by atoms with E-state index < -0.39 is 10.8 Å². The number of nitrogens with one attached hydrogen (secondary N) is 1. The number of rotatable bonds is 6. The fourth-order valence-electron chi connectivity index (χ4n) is 2.57. The SMILES string of the molecule is Cc1csc(Sc2ccc(C(=O)Nc3ccc(C(=O)N(C)C)c(Cl)c3)cc2[N+](=O)[O-])n1. The summed E-state index contributed by atoms with van der Waals surface area (Å²) in [5, 5.41) is 16.2. The predicted molar refractivity (Wildman–Crippen MR) is 121 cm³/mol. The normalized spacial score (nSPS) is 10.6. The first-order valence-corrected chi connectivity index (χ1v) is 10.9. The standard InChI is InChI=1S/C20H17ClN4O4S2/c1-11-10-30-20(22-11)31-17-7-4-12(8-16(17)25(28)29)18(26)23-13-5-6-14(15(21)9-13)19(27)24(2)3/h4-10H,1-3H3,(H,23,26). The molecule has 1 N–H and O–H groups in total. The van der Waals surface area contributed by atoms with Gasteiger partial charge in [0.1, 0.15) is 0 Å². The maximum Gasteiger partial charge on any atom is 0.284 e. The van der Waals surface area contributed by atoms with Gasteiger partial charge in [-0.1, -0.05) is 23.4 Å². The molecule has 0 bridgehead atoms. The molecule has 0 saturated carbocycles. The number of nitro groups is 1. The molecule has 0 aliphatic rings. The molecule has 0 aliphatic heterocycles. The second kappa shape index (κ2) is 9.46. The topological polar surface area (TPSA) is 105 Å². The first-order chi connectivity index (χ1) is 14.7. The fourth-order valence-corrected chi connectivity index (χ4v) is 4.71. The Bertz CT molecular complexity index is 1180. The number of aromatic nitrogens is 1. The van der Waals surface area contributed by atoms with E-state index in [1.807, 2.05) is 12.3 Å². The van der Waals surface area contributed by atoms with Gasteiger partial charge in [0.25, 0.3) is 17.5 Å². The number of nitrogens with zero attached hydrogens (tertiary/aromatic N) is 3. The number of thiazole rings is 1. The first-order valence-electron chi connectivity index (χ1n) is 8.86. The Morgan fingerprint density at radius 2 is 1.97 bits per heavy atom. The maximum atomic E-state index is 12.6. The van der Waals surface area contributed by atoms with E-state index in [-0.39, 0.29) is 22.2 Å². The van der Waals surface area contributed by atoms with Crippen molar-refractivity contribution < 1.29 is 14.5 Å². The Morgan fingerprint density at radius 1 is 1.23 bits per heavy atom. The van der Waals surface area contributed by atoms with Crippen LogP contribution in [0.15, 0.2) is 51.0 Å². The van der Waals surface area contributed by atoms with E-state index in [4.69, 9.17) is 11.6 Å². The number of carbonyl (C=O) groups excluding carboxylic acids is 2. The summed E-state index contributed by atoms with van der Waals surface area (Å²) in [6, 6.07) is 8.78. The summed E-state index contributed by atoms with van der Waals surface area (Å²) in [5.41, 5.74) is 1.44. The van der Waals surface area contributed by atoms with Gasteiger partial charge in [0, 0.05) is 42.5 Å².